The van der Waals surface area contributed by atoms with Gasteiger partial charge in [-0.15, -0.1) is 0 Å². The van der Waals surface area contributed by atoms with E-state index in [4.69, 9.17) is 4.42 Å². The van der Waals surface area contributed by atoms with Gasteiger partial charge in [0.2, 0.25) is 5.71 Å². The number of nitrogens with zero attached hydrogens (tertiary/aromatic N) is 5. The van der Waals surface area contributed by atoms with Gasteiger partial charge >= 0.3 is 0 Å². The molecule has 2 saturated carbocycles. The van der Waals surface area contributed by atoms with Gasteiger partial charge in [0.15, 0.2) is 0 Å². The van der Waals surface area contributed by atoms with Crippen LogP contribution in [0.5, 0.6) is 0 Å². The standard InChI is InChI=1S/C21H24N6O2/c1-12-15(16-17(25-21(2)5-6-21)23-11-24-19(16)29-12)20(28)26-7-8-27-14(10-26)9-22-18(27)13-3-4-13/h9,11,13H,3-8,10H2,1-2H3,(H,23,24,25). The van der Waals surface area contributed by atoms with E-state index in [9.17, 15) is 4.79 Å². The lowest BCUT2D eigenvalue weighted by molar-refractivity contribution is 0.0710. The molecule has 8 nitrogen and oxygen atoms in total. The Labute approximate surface area is 168 Å². The highest BCUT2D eigenvalue weighted by Crippen LogP contribution is 2.41. The van der Waals surface area contributed by atoms with Crippen molar-refractivity contribution in [3.05, 3.63) is 35.4 Å². The van der Waals surface area contributed by atoms with Crippen LogP contribution in [-0.2, 0) is 13.1 Å². The van der Waals surface area contributed by atoms with E-state index < -0.39 is 0 Å². The molecule has 0 spiro atoms. The Hall–Kier alpha value is -2.90. The van der Waals surface area contributed by atoms with Crippen molar-refractivity contribution in [1.29, 1.82) is 0 Å². The lowest BCUT2D eigenvalue weighted by Crippen LogP contribution is -2.38. The number of carbonyl (C=O) groups is 1. The predicted molar refractivity (Wildman–Crippen MR) is 107 cm³/mol. The van der Waals surface area contributed by atoms with Crippen molar-refractivity contribution in [2.75, 3.05) is 11.9 Å². The van der Waals surface area contributed by atoms with Gasteiger partial charge < -0.3 is 19.2 Å². The van der Waals surface area contributed by atoms with Gasteiger partial charge in [-0.25, -0.2) is 15.0 Å². The second-order valence-electron chi connectivity index (χ2n) is 8.88. The van der Waals surface area contributed by atoms with Gasteiger partial charge in [-0.05, 0) is 39.5 Å². The third kappa shape index (κ3) is 2.73. The molecule has 2 fully saturated rings. The maximum absolute atomic E-state index is 13.5. The molecule has 6 rings (SSSR count). The second kappa shape index (κ2) is 5.81. The molecule has 3 aromatic rings. The van der Waals surface area contributed by atoms with Crippen molar-refractivity contribution in [3.63, 3.8) is 0 Å². The highest BCUT2D eigenvalue weighted by Gasteiger charge is 2.39. The summed E-state index contributed by atoms with van der Waals surface area (Å²) < 4.78 is 8.14. The third-order valence-electron chi connectivity index (χ3n) is 6.44. The zero-order chi connectivity index (χ0) is 19.8. The highest BCUT2D eigenvalue weighted by molar-refractivity contribution is 6.10. The van der Waals surface area contributed by atoms with Crippen molar-refractivity contribution in [1.82, 2.24) is 24.4 Å². The fourth-order valence-corrected chi connectivity index (χ4v) is 4.30. The van der Waals surface area contributed by atoms with E-state index in [1.165, 1.54) is 25.0 Å². The summed E-state index contributed by atoms with van der Waals surface area (Å²) in [6.45, 7) is 6.03. The number of aryl methyl sites for hydroxylation is 1. The zero-order valence-corrected chi connectivity index (χ0v) is 16.7. The Bertz CT molecular complexity index is 1140. The molecular weight excluding hydrogens is 368 g/mol. The van der Waals surface area contributed by atoms with E-state index in [0.717, 1.165) is 25.1 Å². The summed E-state index contributed by atoms with van der Waals surface area (Å²) in [5.41, 5.74) is 2.19. The zero-order valence-electron chi connectivity index (χ0n) is 16.7. The number of amides is 1. The first-order valence-corrected chi connectivity index (χ1v) is 10.4. The molecule has 3 aliphatic rings. The number of anilines is 1. The van der Waals surface area contributed by atoms with Gasteiger partial charge in [-0.2, -0.15) is 0 Å². The average Bonchev–Trinajstić information content (AvgIpc) is 3.61. The number of aromatic nitrogens is 4. The number of imidazole rings is 1. The van der Waals surface area contributed by atoms with Crippen LogP contribution in [-0.4, -0.2) is 42.4 Å². The molecule has 0 aromatic carbocycles. The molecule has 29 heavy (non-hydrogen) atoms. The van der Waals surface area contributed by atoms with E-state index in [2.05, 4.69) is 31.8 Å². The molecule has 8 heteroatoms. The summed E-state index contributed by atoms with van der Waals surface area (Å²) in [6, 6.07) is 0. The number of rotatable bonds is 4. The summed E-state index contributed by atoms with van der Waals surface area (Å²) in [7, 11) is 0. The first-order valence-electron chi connectivity index (χ1n) is 10.4. The molecule has 3 aromatic heterocycles. The Kier molecular flexibility index (Phi) is 3.40. The maximum atomic E-state index is 13.5. The summed E-state index contributed by atoms with van der Waals surface area (Å²) in [5.74, 6) is 3.05. The maximum Gasteiger partial charge on any atom is 0.258 e. The number of hydrogen-bond donors (Lipinski definition) is 1. The Morgan fingerprint density at radius 2 is 2.07 bits per heavy atom. The van der Waals surface area contributed by atoms with Crippen LogP contribution >= 0.6 is 0 Å². The molecule has 4 heterocycles. The van der Waals surface area contributed by atoms with Crippen LogP contribution in [0.1, 0.15) is 66.2 Å². The van der Waals surface area contributed by atoms with Crippen LogP contribution in [0, 0.1) is 6.92 Å². The molecular formula is C21H24N6O2. The number of hydrogen-bond acceptors (Lipinski definition) is 6. The number of carbonyl (C=O) groups excluding carboxylic acids is 1. The van der Waals surface area contributed by atoms with Crippen LogP contribution in [0.2, 0.25) is 0 Å². The Balaban J connectivity index is 1.35. The molecule has 150 valence electrons. The topological polar surface area (TPSA) is 89.1 Å². The minimum Gasteiger partial charge on any atom is -0.442 e. The van der Waals surface area contributed by atoms with Gasteiger partial charge in [0.25, 0.3) is 5.91 Å². The fourth-order valence-electron chi connectivity index (χ4n) is 4.30. The molecule has 1 amide bonds. The molecule has 0 radical (unpaired) electrons. The molecule has 0 bridgehead atoms. The number of fused-ring (bicyclic) bond motifs is 2. The molecule has 0 unspecified atom stereocenters. The molecule has 1 aliphatic heterocycles. The van der Waals surface area contributed by atoms with Crippen LogP contribution in [0.4, 0.5) is 5.82 Å². The van der Waals surface area contributed by atoms with Gasteiger partial charge in [-0.1, -0.05) is 0 Å². The van der Waals surface area contributed by atoms with E-state index in [1.807, 2.05) is 18.0 Å². The lowest BCUT2D eigenvalue weighted by Gasteiger charge is -2.29. The Morgan fingerprint density at radius 3 is 2.83 bits per heavy atom. The first kappa shape index (κ1) is 17.0. The normalized spacial score (nSPS) is 20.0. The van der Waals surface area contributed by atoms with Crippen molar-refractivity contribution in [2.24, 2.45) is 0 Å². The minimum absolute atomic E-state index is 0.0273. The van der Waals surface area contributed by atoms with Gasteiger partial charge in [0.05, 0.1) is 29.4 Å². The molecule has 2 aliphatic carbocycles. The quantitative estimate of drug-likeness (QED) is 0.733. The third-order valence-corrected chi connectivity index (χ3v) is 6.44. The Morgan fingerprint density at radius 1 is 1.24 bits per heavy atom. The predicted octanol–water partition coefficient (Wildman–Crippen LogP) is 3.23. The summed E-state index contributed by atoms with van der Waals surface area (Å²) >= 11 is 0. The van der Waals surface area contributed by atoms with Crippen molar-refractivity contribution in [3.8, 4) is 0 Å². The van der Waals surface area contributed by atoms with Gasteiger partial charge in [0, 0.05) is 24.5 Å². The second-order valence-corrected chi connectivity index (χ2v) is 8.88. The number of furan rings is 1. The van der Waals surface area contributed by atoms with E-state index in [-0.39, 0.29) is 11.4 Å². The smallest absolute Gasteiger partial charge is 0.258 e. The SMILES string of the molecule is Cc1oc2ncnc(NC3(C)CC3)c2c1C(=O)N1CCn2c(cnc2C2CC2)C1. The van der Waals surface area contributed by atoms with Crippen molar-refractivity contribution < 1.29 is 9.21 Å². The van der Waals surface area contributed by atoms with Gasteiger partial charge in [-0.3, -0.25) is 4.79 Å². The fraction of sp³-hybridized carbons (Fsp3) is 0.524. The van der Waals surface area contributed by atoms with Gasteiger partial charge in [0.1, 0.15) is 23.7 Å². The molecule has 1 N–H and O–H groups in total. The van der Waals surface area contributed by atoms with Crippen LogP contribution in [0.15, 0.2) is 16.9 Å². The minimum atomic E-state index is -0.0273. The highest BCUT2D eigenvalue weighted by atomic mass is 16.3. The average molecular weight is 392 g/mol. The molecule has 0 saturated heterocycles. The number of nitrogens with one attached hydrogen (secondary N) is 1. The van der Waals surface area contributed by atoms with Crippen molar-refractivity contribution >= 4 is 22.8 Å². The van der Waals surface area contributed by atoms with Crippen molar-refractivity contribution in [2.45, 2.75) is 64.1 Å². The monoisotopic (exact) mass is 392 g/mol. The summed E-state index contributed by atoms with van der Waals surface area (Å²) in [4.78, 5) is 28.8. The van der Waals surface area contributed by atoms with E-state index in [1.54, 1.807) is 0 Å². The summed E-state index contributed by atoms with van der Waals surface area (Å²) in [5, 5.41) is 4.18. The van der Waals surface area contributed by atoms with Crippen LogP contribution in [0.3, 0.4) is 0 Å². The van der Waals surface area contributed by atoms with Crippen LogP contribution in [0.25, 0.3) is 11.1 Å². The first-order chi connectivity index (χ1) is 14.0. The van der Waals surface area contributed by atoms with E-state index >= 15 is 0 Å². The lowest BCUT2D eigenvalue weighted by atomic mass is 10.1. The largest absolute Gasteiger partial charge is 0.442 e. The van der Waals surface area contributed by atoms with E-state index in [0.29, 0.717) is 47.2 Å². The van der Waals surface area contributed by atoms with Crippen LogP contribution < -0.4 is 5.32 Å². The molecule has 0 atom stereocenters. The summed E-state index contributed by atoms with van der Waals surface area (Å²) in [6.07, 6.45) is 8.07.